The zero-order valence-corrected chi connectivity index (χ0v) is 18.2. The van der Waals surface area contributed by atoms with Gasteiger partial charge in [0.1, 0.15) is 5.69 Å². The third kappa shape index (κ3) is 4.86. The Labute approximate surface area is 180 Å². The summed E-state index contributed by atoms with van der Waals surface area (Å²) in [5, 5.41) is 4.27. The predicted molar refractivity (Wildman–Crippen MR) is 111 cm³/mol. The van der Waals surface area contributed by atoms with Crippen molar-refractivity contribution in [1.29, 1.82) is 0 Å². The van der Waals surface area contributed by atoms with E-state index in [4.69, 9.17) is 0 Å². The summed E-state index contributed by atoms with van der Waals surface area (Å²) in [5.41, 5.74) is 0.373. The molecular formula is C22H30F3N5O. The molecule has 2 aliphatic heterocycles. The quantitative estimate of drug-likeness (QED) is 0.724. The first-order valence-corrected chi connectivity index (χ1v) is 11.2. The molecule has 2 fully saturated rings. The van der Waals surface area contributed by atoms with E-state index in [1.165, 1.54) is 12.8 Å². The first-order chi connectivity index (χ1) is 14.7. The molecule has 2 aromatic rings. The Kier molecular flexibility index (Phi) is 6.23. The van der Waals surface area contributed by atoms with Crippen LogP contribution in [-0.4, -0.2) is 63.0 Å². The molecule has 0 bridgehead atoms. The van der Waals surface area contributed by atoms with Gasteiger partial charge in [-0.2, -0.15) is 18.3 Å². The van der Waals surface area contributed by atoms with E-state index in [2.05, 4.69) is 15.0 Å². The van der Waals surface area contributed by atoms with Crippen LogP contribution in [0.5, 0.6) is 0 Å². The number of halogens is 3. The summed E-state index contributed by atoms with van der Waals surface area (Å²) >= 11 is 0. The Morgan fingerprint density at radius 3 is 2.48 bits per heavy atom. The number of aromatic nitrogens is 3. The lowest BCUT2D eigenvalue weighted by atomic mass is 10.1. The molecule has 2 aromatic heterocycles. The number of likely N-dealkylation sites (tertiary alicyclic amines) is 2. The number of hydrogen-bond acceptors (Lipinski definition) is 4. The summed E-state index contributed by atoms with van der Waals surface area (Å²) in [4.78, 5) is 21.2. The van der Waals surface area contributed by atoms with Crippen LogP contribution in [0.2, 0.25) is 0 Å². The number of carbonyl (C=O) groups is 1. The van der Waals surface area contributed by atoms with Crippen LogP contribution in [0.3, 0.4) is 0 Å². The molecule has 0 aliphatic carbocycles. The molecule has 0 aromatic carbocycles. The van der Waals surface area contributed by atoms with E-state index in [9.17, 15) is 18.0 Å². The van der Waals surface area contributed by atoms with Gasteiger partial charge in [-0.3, -0.25) is 9.69 Å². The van der Waals surface area contributed by atoms with E-state index in [1.807, 2.05) is 18.7 Å². The Balaban J connectivity index is 1.51. The Bertz CT molecular complexity index is 931. The molecule has 4 heterocycles. The molecule has 6 nitrogen and oxygen atoms in total. The van der Waals surface area contributed by atoms with Crippen molar-refractivity contribution in [1.82, 2.24) is 24.4 Å². The van der Waals surface area contributed by atoms with Gasteiger partial charge in [-0.05, 0) is 44.3 Å². The van der Waals surface area contributed by atoms with Gasteiger partial charge in [0.2, 0.25) is 5.91 Å². The minimum Gasteiger partial charge on any atom is -0.341 e. The van der Waals surface area contributed by atoms with Crippen LogP contribution < -0.4 is 0 Å². The van der Waals surface area contributed by atoms with Crippen LogP contribution in [0.25, 0.3) is 5.65 Å². The highest BCUT2D eigenvalue weighted by Crippen LogP contribution is 2.33. The molecule has 0 N–H and O–H groups in total. The van der Waals surface area contributed by atoms with Crippen molar-refractivity contribution in [3.8, 4) is 0 Å². The van der Waals surface area contributed by atoms with Crippen molar-refractivity contribution in [2.45, 2.75) is 64.0 Å². The number of amides is 1. The second-order valence-corrected chi connectivity index (χ2v) is 9.07. The van der Waals surface area contributed by atoms with Gasteiger partial charge in [-0.25, -0.2) is 9.50 Å². The standard InChI is InChI=1S/C22H30F3N5O/c1-15(2)17-11-19(22(23,24)25)30-20(26-17)12-18(27-30)16-7-10-29(13-16)21(31)14-28-8-5-3-4-6-9-28/h11-12,15-16H,3-10,13-14H2,1-2H3/t16-/m1/s1. The second-order valence-electron chi connectivity index (χ2n) is 9.07. The fraction of sp³-hybridized carbons (Fsp3) is 0.682. The van der Waals surface area contributed by atoms with Crippen molar-refractivity contribution in [3.63, 3.8) is 0 Å². The smallest absolute Gasteiger partial charge is 0.341 e. The topological polar surface area (TPSA) is 53.7 Å². The lowest BCUT2D eigenvalue weighted by molar-refractivity contribution is -0.142. The molecule has 1 atom stereocenters. The third-order valence-electron chi connectivity index (χ3n) is 6.36. The van der Waals surface area contributed by atoms with Gasteiger partial charge in [0.05, 0.1) is 12.2 Å². The van der Waals surface area contributed by atoms with Gasteiger partial charge in [0.15, 0.2) is 5.65 Å². The van der Waals surface area contributed by atoms with Crippen LogP contribution in [-0.2, 0) is 11.0 Å². The van der Waals surface area contributed by atoms with Crippen molar-refractivity contribution >= 4 is 11.6 Å². The van der Waals surface area contributed by atoms with Gasteiger partial charge >= 0.3 is 6.18 Å². The largest absolute Gasteiger partial charge is 0.433 e. The Morgan fingerprint density at radius 2 is 1.84 bits per heavy atom. The summed E-state index contributed by atoms with van der Waals surface area (Å²) in [6.07, 6.45) is 0.884. The maximum atomic E-state index is 13.6. The Morgan fingerprint density at radius 1 is 1.13 bits per heavy atom. The molecule has 0 unspecified atom stereocenters. The number of hydrogen-bond donors (Lipinski definition) is 0. The first kappa shape index (κ1) is 22.0. The van der Waals surface area contributed by atoms with E-state index in [0.29, 0.717) is 37.4 Å². The van der Waals surface area contributed by atoms with E-state index in [0.717, 1.165) is 36.5 Å². The maximum absolute atomic E-state index is 13.6. The van der Waals surface area contributed by atoms with Crippen molar-refractivity contribution in [2.24, 2.45) is 0 Å². The van der Waals surface area contributed by atoms with E-state index in [1.54, 1.807) is 6.07 Å². The molecule has 0 saturated carbocycles. The zero-order valence-electron chi connectivity index (χ0n) is 18.2. The van der Waals surface area contributed by atoms with Gasteiger partial charge < -0.3 is 4.90 Å². The van der Waals surface area contributed by atoms with Crippen LogP contribution in [0.15, 0.2) is 12.1 Å². The summed E-state index contributed by atoms with van der Waals surface area (Å²) in [6.45, 7) is 7.09. The average molecular weight is 438 g/mol. The summed E-state index contributed by atoms with van der Waals surface area (Å²) in [6, 6.07) is 2.73. The number of nitrogens with zero attached hydrogens (tertiary/aromatic N) is 5. The molecule has 0 radical (unpaired) electrons. The molecule has 1 amide bonds. The molecule has 0 spiro atoms. The Hall–Kier alpha value is -2.16. The second kappa shape index (κ2) is 8.76. The van der Waals surface area contributed by atoms with Crippen molar-refractivity contribution in [2.75, 3.05) is 32.7 Å². The molecule has 4 rings (SSSR count). The molecule has 31 heavy (non-hydrogen) atoms. The highest BCUT2D eigenvalue weighted by Gasteiger charge is 2.36. The third-order valence-corrected chi connectivity index (χ3v) is 6.36. The van der Waals surface area contributed by atoms with Crippen LogP contribution in [0.4, 0.5) is 13.2 Å². The normalized spacial score (nSPS) is 21.2. The first-order valence-electron chi connectivity index (χ1n) is 11.2. The van der Waals surface area contributed by atoms with Gasteiger partial charge in [-0.1, -0.05) is 26.7 Å². The minimum absolute atomic E-state index is 0.0710. The number of fused-ring (bicyclic) bond motifs is 1. The molecule has 2 saturated heterocycles. The lowest BCUT2D eigenvalue weighted by Gasteiger charge is -2.23. The molecule has 9 heteroatoms. The van der Waals surface area contributed by atoms with Gasteiger partial charge in [-0.15, -0.1) is 0 Å². The highest BCUT2D eigenvalue weighted by atomic mass is 19.4. The SMILES string of the molecule is CC(C)c1cc(C(F)(F)F)n2nc([C@@H]3CCN(C(=O)CN4CCCCCC4)C3)cc2n1. The number of alkyl halides is 3. The fourth-order valence-electron chi connectivity index (χ4n) is 4.52. The van der Waals surface area contributed by atoms with Crippen molar-refractivity contribution < 1.29 is 18.0 Å². The molecule has 2 aliphatic rings. The minimum atomic E-state index is -4.51. The number of rotatable bonds is 4. The monoisotopic (exact) mass is 437 g/mol. The lowest BCUT2D eigenvalue weighted by Crippen LogP contribution is -2.39. The fourth-order valence-corrected chi connectivity index (χ4v) is 4.52. The van der Waals surface area contributed by atoms with Crippen LogP contribution in [0.1, 0.15) is 74.9 Å². The molecule has 170 valence electrons. The van der Waals surface area contributed by atoms with E-state index < -0.39 is 11.9 Å². The number of carbonyl (C=O) groups excluding carboxylic acids is 1. The molecular weight excluding hydrogens is 407 g/mol. The van der Waals surface area contributed by atoms with E-state index >= 15 is 0 Å². The summed E-state index contributed by atoms with van der Waals surface area (Å²) in [7, 11) is 0. The summed E-state index contributed by atoms with van der Waals surface area (Å²) < 4.78 is 41.8. The predicted octanol–water partition coefficient (Wildman–Crippen LogP) is 4.06. The maximum Gasteiger partial charge on any atom is 0.433 e. The summed E-state index contributed by atoms with van der Waals surface area (Å²) in [5.74, 6) is -0.0919. The van der Waals surface area contributed by atoms with Gasteiger partial charge in [0.25, 0.3) is 0 Å². The zero-order chi connectivity index (χ0) is 22.2. The van der Waals surface area contributed by atoms with Crippen molar-refractivity contribution in [3.05, 3.63) is 29.2 Å². The van der Waals surface area contributed by atoms with E-state index in [-0.39, 0.29) is 23.4 Å². The van der Waals surface area contributed by atoms with Gasteiger partial charge in [0, 0.05) is 30.8 Å². The van der Waals surface area contributed by atoms with Crippen LogP contribution in [0, 0.1) is 0 Å². The average Bonchev–Trinajstić information content (AvgIpc) is 3.28. The highest BCUT2D eigenvalue weighted by molar-refractivity contribution is 5.78. The van der Waals surface area contributed by atoms with Crippen LogP contribution >= 0.6 is 0 Å².